The van der Waals surface area contributed by atoms with Crippen LogP contribution in [0.4, 0.5) is 4.79 Å². The van der Waals surface area contributed by atoms with Crippen molar-refractivity contribution in [2.24, 2.45) is 5.92 Å². The van der Waals surface area contributed by atoms with E-state index in [1.165, 1.54) is 0 Å². The number of amides is 1. The van der Waals surface area contributed by atoms with Crippen molar-refractivity contribution < 1.29 is 26.9 Å². The Kier molecular flexibility index (Phi) is 6.42. The molecule has 7 nitrogen and oxygen atoms in total. The van der Waals surface area contributed by atoms with Crippen LogP contribution in [0.15, 0.2) is 0 Å². The Morgan fingerprint density at radius 1 is 1.38 bits per heavy atom. The van der Waals surface area contributed by atoms with E-state index in [2.05, 4.69) is 0 Å². The van der Waals surface area contributed by atoms with Crippen LogP contribution in [0.2, 0.25) is 0 Å². The summed E-state index contributed by atoms with van der Waals surface area (Å²) in [6.45, 7) is 7.41. The zero-order valence-electron chi connectivity index (χ0n) is 13.1. The van der Waals surface area contributed by atoms with Crippen molar-refractivity contribution in [2.45, 2.75) is 32.8 Å². The summed E-state index contributed by atoms with van der Waals surface area (Å²) < 4.78 is 37.4. The van der Waals surface area contributed by atoms with Crippen LogP contribution in [-0.4, -0.2) is 64.2 Å². The van der Waals surface area contributed by atoms with E-state index in [9.17, 15) is 13.2 Å². The molecule has 21 heavy (non-hydrogen) atoms. The average molecular weight is 323 g/mol. The monoisotopic (exact) mass is 323 g/mol. The number of nitrogens with zero attached hydrogens (tertiary/aromatic N) is 1. The predicted octanol–water partition coefficient (Wildman–Crippen LogP) is 1.24. The highest BCUT2D eigenvalue weighted by Gasteiger charge is 2.26. The largest absolute Gasteiger partial charge is 0.444 e. The average Bonchev–Trinajstić information content (AvgIpc) is 2.50. The first-order chi connectivity index (χ1) is 9.57. The molecular formula is C13H25NO6S. The topological polar surface area (TPSA) is 82.1 Å². The molecule has 1 amide bonds. The van der Waals surface area contributed by atoms with Gasteiger partial charge < -0.3 is 14.4 Å². The molecule has 1 unspecified atom stereocenters. The summed E-state index contributed by atoms with van der Waals surface area (Å²) in [5, 5.41) is 0. The number of ether oxygens (including phenoxy) is 2. The summed E-state index contributed by atoms with van der Waals surface area (Å²) in [5.74, 6) is 0.0294. The van der Waals surface area contributed by atoms with Gasteiger partial charge in [-0.05, 0) is 27.2 Å². The van der Waals surface area contributed by atoms with Gasteiger partial charge in [0.2, 0.25) is 0 Å². The van der Waals surface area contributed by atoms with E-state index >= 15 is 0 Å². The summed E-state index contributed by atoms with van der Waals surface area (Å²) >= 11 is 0. The third kappa shape index (κ3) is 8.23. The van der Waals surface area contributed by atoms with Gasteiger partial charge in [-0.1, -0.05) is 0 Å². The lowest BCUT2D eigenvalue weighted by Gasteiger charge is -2.27. The van der Waals surface area contributed by atoms with Crippen LogP contribution < -0.4 is 0 Å². The van der Waals surface area contributed by atoms with Gasteiger partial charge >= 0.3 is 6.09 Å². The molecule has 1 saturated heterocycles. The van der Waals surface area contributed by atoms with Gasteiger partial charge in [0.05, 0.1) is 26.1 Å². The van der Waals surface area contributed by atoms with Crippen LogP contribution in [0.5, 0.6) is 0 Å². The molecule has 0 bridgehead atoms. The Hall–Kier alpha value is -0.860. The summed E-state index contributed by atoms with van der Waals surface area (Å²) in [5.41, 5.74) is -0.543. The van der Waals surface area contributed by atoms with Crippen molar-refractivity contribution in [3.8, 4) is 0 Å². The van der Waals surface area contributed by atoms with Crippen LogP contribution in [-0.2, 0) is 23.8 Å². The van der Waals surface area contributed by atoms with Crippen LogP contribution in [0.25, 0.3) is 0 Å². The molecule has 0 N–H and O–H groups in total. The van der Waals surface area contributed by atoms with Gasteiger partial charge in [0.25, 0.3) is 10.1 Å². The minimum absolute atomic E-state index is 0.0294. The highest BCUT2D eigenvalue weighted by molar-refractivity contribution is 7.85. The van der Waals surface area contributed by atoms with E-state index in [0.717, 1.165) is 6.26 Å². The summed E-state index contributed by atoms with van der Waals surface area (Å²) in [6, 6.07) is 0. The van der Waals surface area contributed by atoms with Crippen LogP contribution >= 0.6 is 0 Å². The molecule has 1 heterocycles. The van der Waals surface area contributed by atoms with Gasteiger partial charge in [-0.3, -0.25) is 4.18 Å². The first-order valence-corrected chi connectivity index (χ1v) is 8.78. The minimum atomic E-state index is -3.43. The van der Waals surface area contributed by atoms with Gasteiger partial charge in [0, 0.05) is 19.0 Å². The summed E-state index contributed by atoms with van der Waals surface area (Å²) in [7, 11) is -3.43. The van der Waals surface area contributed by atoms with E-state index < -0.39 is 15.7 Å². The van der Waals surface area contributed by atoms with Crippen LogP contribution in [0.1, 0.15) is 27.2 Å². The molecule has 1 fully saturated rings. The van der Waals surface area contributed by atoms with E-state index in [1.807, 2.05) is 20.8 Å². The lowest BCUT2D eigenvalue weighted by molar-refractivity contribution is 0.0230. The van der Waals surface area contributed by atoms with Crippen molar-refractivity contribution in [3.05, 3.63) is 0 Å². The number of hydrogen-bond donors (Lipinski definition) is 0. The molecule has 1 aliphatic rings. The van der Waals surface area contributed by atoms with Gasteiger partial charge in [0.15, 0.2) is 0 Å². The lowest BCUT2D eigenvalue weighted by atomic mass is 10.1. The predicted molar refractivity (Wildman–Crippen MR) is 77.5 cm³/mol. The Balaban J connectivity index is 2.50. The van der Waals surface area contributed by atoms with Gasteiger partial charge in [-0.25, -0.2) is 4.79 Å². The fourth-order valence-corrected chi connectivity index (χ4v) is 2.31. The second kappa shape index (κ2) is 7.42. The molecular weight excluding hydrogens is 298 g/mol. The second-order valence-electron chi connectivity index (χ2n) is 6.18. The standard InChI is InChI=1S/C13H25NO6S/c1-13(2,3)20-12(15)14-6-8-18-10-11(9-14)5-7-19-21(4,16)17/h11H,5-10H2,1-4H3. The SMILES string of the molecule is CC(C)(C)OC(=O)N1CCOCC(CCOS(C)(=O)=O)C1. The van der Waals surface area contributed by atoms with Gasteiger partial charge in [-0.15, -0.1) is 0 Å². The Morgan fingerprint density at radius 2 is 2.05 bits per heavy atom. The van der Waals surface area contributed by atoms with E-state index in [0.29, 0.717) is 32.7 Å². The van der Waals surface area contributed by atoms with Crippen molar-refractivity contribution in [2.75, 3.05) is 39.2 Å². The molecule has 1 rings (SSSR count). The highest BCUT2D eigenvalue weighted by atomic mass is 32.2. The number of rotatable bonds is 4. The van der Waals surface area contributed by atoms with Gasteiger partial charge in [0.1, 0.15) is 5.60 Å². The minimum Gasteiger partial charge on any atom is -0.444 e. The number of hydrogen-bond acceptors (Lipinski definition) is 6. The number of carbonyl (C=O) groups is 1. The van der Waals surface area contributed by atoms with Crippen molar-refractivity contribution in [1.29, 1.82) is 0 Å². The maximum absolute atomic E-state index is 12.1. The van der Waals surface area contributed by atoms with Gasteiger partial charge in [-0.2, -0.15) is 8.42 Å². The molecule has 124 valence electrons. The van der Waals surface area contributed by atoms with Crippen molar-refractivity contribution >= 4 is 16.2 Å². The molecule has 8 heteroatoms. The third-order valence-corrected chi connectivity index (χ3v) is 3.41. The fraction of sp³-hybridized carbons (Fsp3) is 0.923. The number of carbonyl (C=O) groups excluding carboxylic acids is 1. The smallest absolute Gasteiger partial charge is 0.410 e. The molecule has 0 radical (unpaired) electrons. The van der Waals surface area contributed by atoms with Crippen molar-refractivity contribution in [3.63, 3.8) is 0 Å². The quantitative estimate of drug-likeness (QED) is 0.724. The molecule has 0 saturated carbocycles. The normalized spacial score (nSPS) is 21.0. The zero-order chi connectivity index (χ0) is 16.1. The zero-order valence-corrected chi connectivity index (χ0v) is 13.9. The summed E-state index contributed by atoms with van der Waals surface area (Å²) in [6.07, 6.45) is 1.15. The maximum atomic E-state index is 12.1. The Morgan fingerprint density at radius 3 is 2.62 bits per heavy atom. The molecule has 1 atom stereocenters. The molecule has 0 aromatic heterocycles. The maximum Gasteiger partial charge on any atom is 0.410 e. The molecule has 0 spiro atoms. The van der Waals surface area contributed by atoms with E-state index in [1.54, 1.807) is 4.90 Å². The molecule has 1 aliphatic heterocycles. The third-order valence-electron chi connectivity index (χ3n) is 2.81. The summed E-state index contributed by atoms with van der Waals surface area (Å²) in [4.78, 5) is 13.7. The first kappa shape index (κ1) is 18.2. The Bertz CT molecular complexity index is 442. The first-order valence-electron chi connectivity index (χ1n) is 6.97. The van der Waals surface area contributed by atoms with Crippen molar-refractivity contribution in [1.82, 2.24) is 4.90 Å². The molecule has 0 aliphatic carbocycles. The van der Waals surface area contributed by atoms with E-state index in [4.69, 9.17) is 13.7 Å². The second-order valence-corrected chi connectivity index (χ2v) is 7.83. The highest BCUT2D eigenvalue weighted by Crippen LogP contribution is 2.15. The van der Waals surface area contributed by atoms with Crippen LogP contribution in [0, 0.1) is 5.92 Å². The Labute approximate surface area is 126 Å². The molecule has 0 aromatic carbocycles. The lowest BCUT2D eigenvalue weighted by Crippen LogP contribution is -2.40. The molecule has 0 aromatic rings. The van der Waals surface area contributed by atoms with E-state index in [-0.39, 0.29) is 18.6 Å². The van der Waals surface area contributed by atoms with Crippen LogP contribution in [0.3, 0.4) is 0 Å². The fourth-order valence-electron chi connectivity index (χ4n) is 1.91.